The molecule has 0 saturated carbocycles. The van der Waals surface area contributed by atoms with Crippen LogP contribution in [0.15, 0.2) is 114 Å². The van der Waals surface area contributed by atoms with Gasteiger partial charge in [-0.1, -0.05) is 60.7 Å². The van der Waals surface area contributed by atoms with Crippen LogP contribution in [0.2, 0.25) is 0 Å². The summed E-state index contributed by atoms with van der Waals surface area (Å²) in [7, 11) is -7.66. The zero-order chi connectivity index (χ0) is 27.5. The van der Waals surface area contributed by atoms with Gasteiger partial charge < -0.3 is 10.1 Å². The minimum Gasteiger partial charge on any atom is -0.476 e. The third kappa shape index (κ3) is 6.05. The third-order valence-corrected chi connectivity index (χ3v) is 9.13. The van der Waals surface area contributed by atoms with Gasteiger partial charge in [-0.3, -0.25) is 13.8 Å². The van der Waals surface area contributed by atoms with E-state index in [0.717, 1.165) is 0 Å². The van der Waals surface area contributed by atoms with Crippen molar-refractivity contribution >= 4 is 43.0 Å². The van der Waals surface area contributed by atoms with Crippen LogP contribution in [-0.2, 0) is 30.6 Å². The number of hydrogen-bond donors (Lipinski definition) is 2. The molecule has 0 fully saturated rings. The van der Waals surface area contributed by atoms with Crippen LogP contribution in [0, 0.1) is 0 Å². The van der Waals surface area contributed by atoms with Crippen molar-refractivity contribution in [1.82, 2.24) is 0 Å². The fourth-order valence-corrected chi connectivity index (χ4v) is 6.77. The van der Waals surface area contributed by atoms with Crippen LogP contribution in [0.4, 0.5) is 17.1 Å². The Bertz CT molecular complexity index is 1680. The number of para-hydroxylation sites is 3. The number of rotatable bonds is 8. The van der Waals surface area contributed by atoms with Crippen LogP contribution < -0.4 is 19.1 Å². The predicted molar refractivity (Wildman–Crippen MR) is 150 cm³/mol. The van der Waals surface area contributed by atoms with E-state index in [1.807, 2.05) is 6.07 Å². The molecule has 4 aromatic carbocycles. The Balaban J connectivity index is 1.32. The zero-order valence-electron chi connectivity index (χ0n) is 20.6. The largest absolute Gasteiger partial charge is 0.476 e. The van der Waals surface area contributed by atoms with E-state index >= 15 is 0 Å². The quantitative estimate of drug-likeness (QED) is 0.331. The topological polar surface area (TPSA) is 122 Å². The van der Waals surface area contributed by atoms with Crippen LogP contribution in [0.25, 0.3) is 0 Å². The number of fused-ring (bicyclic) bond motifs is 1. The van der Waals surface area contributed by atoms with Crippen molar-refractivity contribution in [3.05, 3.63) is 115 Å². The molecule has 1 amide bonds. The van der Waals surface area contributed by atoms with Gasteiger partial charge in [0.15, 0.2) is 6.10 Å². The number of carbonyl (C=O) groups excluding carboxylic acids is 1. The normalized spacial score (nSPS) is 15.1. The Hall–Kier alpha value is -4.35. The summed E-state index contributed by atoms with van der Waals surface area (Å²) >= 11 is 0. The Morgan fingerprint density at radius 1 is 0.769 bits per heavy atom. The zero-order valence-corrected chi connectivity index (χ0v) is 22.2. The molecule has 0 spiro atoms. The lowest BCUT2D eigenvalue weighted by Crippen LogP contribution is -2.49. The van der Waals surface area contributed by atoms with Crippen molar-refractivity contribution in [2.45, 2.75) is 16.8 Å². The summed E-state index contributed by atoms with van der Waals surface area (Å²) < 4.78 is 61.7. The smallest absolute Gasteiger partial charge is 0.267 e. The van der Waals surface area contributed by atoms with Gasteiger partial charge in [0.1, 0.15) is 5.75 Å². The summed E-state index contributed by atoms with van der Waals surface area (Å²) in [6, 6.07) is 29.6. The van der Waals surface area contributed by atoms with Crippen LogP contribution in [-0.4, -0.2) is 35.4 Å². The Labute approximate surface area is 227 Å². The second kappa shape index (κ2) is 10.8. The lowest BCUT2D eigenvalue weighted by atomic mass is 10.2. The minimum atomic E-state index is -3.84. The van der Waals surface area contributed by atoms with E-state index < -0.39 is 32.1 Å². The molecular formula is C28H25N3O6S2. The molecule has 4 aromatic rings. The molecule has 11 heteroatoms. The van der Waals surface area contributed by atoms with Gasteiger partial charge in [0, 0.05) is 11.4 Å². The van der Waals surface area contributed by atoms with Crippen LogP contribution >= 0.6 is 0 Å². The summed E-state index contributed by atoms with van der Waals surface area (Å²) in [5.41, 5.74) is 1.74. The van der Waals surface area contributed by atoms with E-state index in [2.05, 4.69) is 10.0 Å². The van der Waals surface area contributed by atoms with E-state index in [0.29, 0.717) is 22.6 Å². The molecule has 1 aliphatic heterocycles. The molecule has 39 heavy (non-hydrogen) atoms. The molecule has 2 N–H and O–H groups in total. The van der Waals surface area contributed by atoms with Crippen LogP contribution in [0.5, 0.6) is 5.75 Å². The Kier molecular flexibility index (Phi) is 7.27. The SMILES string of the molecule is O=C(Nc1ccc(S(=O)(=O)Nc2ccccc2)cc1)C1CN(S(=O)(=O)Cc2ccccc2)c2ccccc2O1. The van der Waals surface area contributed by atoms with Crippen molar-refractivity contribution in [2.24, 2.45) is 0 Å². The summed E-state index contributed by atoms with van der Waals surface area (Å²) in [5.74, 6) is -0.528. The molecule has 0 aliphatic carbocycles. The molecule has 1 atom stereocenters. The number of hydrogen-bond acceptors (Lipinski definition) is 6. The fraction of sp³-hybridized carbons (Fsp3) is 0.107. The van der Waals surface area contributed by atoms with Gasteiger partial charge >= 0.3 is 0 Å². The molecule has 200 valence electrons. The number of benzene rings is 4. The second-order valence-electron chi connectivity index (χ2n) is 8.83. The molecule has 5 rings (SSSR count). The van der Waals surface area contributed by atoms with Gasteiger partial charge in [-0.05, 0) is 54.1 Å². The Morgan fingerprint density at radius 2 is 1.38 bits per heavy atom. The van der Waals surface area contributed by atoms with Crippen molar-refractivity contribution < 1.29 is 26.4 Å². The van der Waals surface area contributed by atoms with Crippen LogP contribution in [0.1, 0.15) is 5.56 Å². The van der Waals surface area contributed by atoms with E-state index in [-0.39, 0.29) is 22.9 Å². The van der Waals surface area contributed by atoms with Crippen LogP contribution in [0.3, 0.4) is 0 Å². The third-order valence-electron chi connectivity index (χ3n) is 6.01. The number of nitrogens with zero attached hydrogens (tertiary/aromatic N) is 1. The number of anilines is 3. The standard InChI is InChI=1S/C28H25N3O6S2/c32-28(29-22-15-17-24(18-16-22)39(35,36)30-23-11-5-2-6-12-23)27-19-31(25-13-7-8-14-26(25)37-27)38(33,34)20-21-9-3-1-4-10-21/h1-18,27,30H,19-20H2,(H,29,32). The van der Waals surface area contributed by atoms with Gasteiger partial charge in [0.2, 0.25) is 10.0 Å². The maximum absolute atomic E-state index is 13.4. The molecule has 9 nitrogen and oxygen atoms in total. The highest BCUT2D eigenvalue weighted by Gasteiger charge is 2.36. The van der Waals surface area contributed by atoms with E-state index in [4.69, 9.17) is 4.74 Å². The lowest BCUT2D eigenvalue weighted by molar-refractivity contribution is -0.122. The molecule has 0 radical (unpaired) electrons. The highest BCUT2D eigenvalue weighted by Crippen LogP contribution is 2.36. The van der Waals surface area contributed by atoms with E-state index in [9.17, 15) is 21.6 Å². The first-order chi connectivity index (χ1) is 18.7. The molecule has 0 aromatic heterocycles. The van der Waals surface area contributed by atoms with Crippen molar-refractivity contribution in [3.8, 4) is 5.75 Å². The highest BCUT2D eigenvalue weighted by molar-refractivity contribution is 7.92. The maximum atomic E-state index is 13.4. The lowest BCUT2D eigenvalue weighted by Gasteiger charge is -2.34. The summed E-state index contributed by atoms with van der Waals surface area (Å²) in [6.07, 6.45) is -1.13. The average Bonchev–Trinajstić information content (AvgIpc) is 2.93. The minimum absolute atomic E-state index is 0.0189. The first-order valence-electron chi connectivity index (χ1n) is 12.0. The number of ether oxygens (including phenoxy) is 1. The van der Waals surface area contributed by atoms with Crippen molar-refractivity contribution in [3.63, 3.8) is 0 Å². The van der Waals surface area contributed by atoms with Gasteiger partial charge in [-0.15, -0.1) is 0 Å². The first kappa shape index (κ1) is 26.3. The highest BCUT2D eigenvalue weighted by atomic mass is 32.2. The van der Waals surface area contributed by atoms with E-state index in [1.165, 1.54) is 28.6 Å². The number of carbonyl (C=O) groups is 1. The van der Waals surface area contributed by atoms with E-state index in [1.54, 1.807) is 78.9 Å². The molecular weight excluding hydrogens is 538 g/mol. The van der Waals surface area contributed by atoms with Gasteiger partial charge in [-0.25, -0.2) is 16.8 Å². The fourth-order valence-electron chi connectivity index (χ4n) is 4.13. The monoisotopic (exact) mass is 563 g/mol. The number of amides is 1. The molecule has 1 aliphatic rings. The number of nitrogens with one attached hydrogen (secondary N) is 2. The summed E-state index contributed by atoms with van der Waals surface area (Å²) in [4.78, 5) is 13.2. The molecule has 0 saturated heterocycles. The molecule has 1 unspecified atom stereocenters. The van der Waals surface area contributed by atoms with Gasteiger partial charge in [0.25, 0.3) is 15.9 Å². The molecule has 1 heterocycles. The Morgan fingerprint density at radius 3 is 2.08 bits per heavy atom. The van der Waals surface area contributed by atoms with Gasteiger partial charge in [-0.2, -0.15) is 0 Å². The van der Waals surface area contributed by atoms with Gasteiger partial charge in [0.05, 0.1) is 22.9 Å². The summed E-state index contributed by atoms with van der Waals surface area (Å²) in [6.45, 7) is -0.217. The second-order valence-corrected chi connectivity index (χ2v) is 12.4. The summed E-state index contributed by atoms with van der Waals surface area (Å²) in [5, 5.41) is 2.69. The molecule has 0 bridgehead atoms. The predicted octanol–water partition coefficient (Wildman–Crippen LogP) is 4.22. The van der Waals surface area contributed by atoms with Crippen molar-refractivity contribution in [2.75, 3.05) is 20.9 Å². The maximum Gasteiger partial charge on any atom is 0.267 e. The first-order valence-corrected chi connectivity index (χ1v) is 15.1. The average molecular weight is 564 g/mol. The number of sulfonamides is 2. The van der Waals surface area contributed by atoms with Crippen molar-refractivity contribution in [1.29, 1.82) is 0 Å².